The summed E-state index contributed by atoms with van der Waals surface area (Å²) in [5, 5.41) is 6.77. The standard InChI is InChI=1S/C22H32N2O3/c1-4-27-19-6-5-18(10-20(19)26-3)23-14(2)21(25)24-22-11-15-7-16(12-22)9-17(8-15)13-22/h5-6,10,14-17,23H,4,7-9,11-13H2,1-3H3,(H,24,25)/t14-,15?,16?,17?,22?/m0/s1. The van der Waals surface area contributed by atoms with Crippen molar-refractivity contribution in [3.63, 3.8) is 0 Å². The van der Waals surface area contributed by atoms with E-state index in [0.29, 0.717) is 12.4 Å². The van der Waals surface area contributed by atoms with Crippen LogP contribution < -0.4 is 20.1 Å². The van der Waals surface area contributed by atoms with Crippen molar-refractivity contribution in [1.29, 1.82) is 0 Å². The van der Waals surface area contributed by atoms with E-state index in [1.54, 1.807) is 7.11 Å². The minimum absolute atomic E-state index is 0.0539. The van der Waals surface area contributed by atoms with Gasteiger partial charge >= 0.3 is 0 Å². The van der Waals surface area contributed by atoms with Gasteiger partial charge < -0.3 is 20.1 Å². The zero-order valence-corrected chi connectivity index (χ0v) is 16.7. The lowest BCUT2D eigenvalue weighted by atomic mass is 9.53. The summed E-state index contributed by atoms with van der Waals surface area (Å²) in [6.45, 7) is 4.47. The molecule has 4 aliphatic rings. The fraction of sp³-hybridized carbons (Fsp3) is 0.682. The van der Waals surface area contributed by atoms with Gasteiger partial charge in [0.1, 0.15) is 6.04 Å². The average Bonchev–Trinajstić information content (AvgIpc) is 2.61. The Morgan fingerprint density at radius 2 is 1.78 bits per heavy atom. The van der Waals surface area contributed by atoms with Crippen LogP contribution in [0.1, 0.15) is 52.4 Å². The Kier molecular flexibility index (Phi) is 4.95. The number of hydrogen-bond donors (Lipinski definition) is 2. The minimum atomic E-state index is -0.291. The van der Waals surface area contributed by atoms with Crippen molar-refractivity contribution in [1.82, 2.24) is 5.32 Å². The molecule has 27 heavy (non-hydrogen) atoms. The number of amides is 1. The molecule has 1 aromatic carbocycles. The average molecular weight is 373 g/mol. The minimum Gasteiger partial charge on any atom is -0.493 e. The van der Waals surface area contributed by atoms with Gasteiger partial charge in [-0.3, -0.25) is 4.79 Å². The third-order valence-electron chi connectivity index (χ3n) is 6.67. The van der Waals surface area contributed by atoms with E-state index < -0.39 is 0 Å². The van der Waals surface area contributed by atoms with Crippen LogP contribution in [0.4, 0.5) is 5.69 Å². The molecule has 4 saturated carbocycles. The number of anilines is 1. The number of benzene rings is 1. The predicted molar refractivity (Wildman–Crippen MR) is 106 cm³/mol. The van der Waals surface area contributed by atoms with E-state index in [-0.39, 0.29) is 17.5 Å². The lowest BCUT2D eigenvalue weighted by molar-refractivity contribution is -0.127. The monoisotopic (exact) mass is 372 g/mol. The van der Waals surface area contributed by atoms with Crippen LogP contribution in [0.2, 0.25) is 0 Å². The van der Waals surface area contributed by atoms with Gasteiger partial charge in [-0.05, 0) is 82.3 Å². The van der Waals surface area contributed by atoms with Crippen molar-refractivity contribution in [2.75, 3.05) is 19.0 Å². The molecule has 1 aromatic rings. The molecule has 0 radical (unpaired) electrons. The maximum Gasteiger partial charge on any atom is 0.242 e. The topological polar surface area (TPSA) is 59.6 Å². The van der Waals surface area contributed by atoms with E-state index in [1.165, 1.54) is 38.5 Å². The number of carbonyl (C=O) groups excluding carboxylic acids is 1. The lowest BCUT2D eigenvalue weighted by Gasteiger charge is -2.57. The van der Waals surface area contributed by atoms with Crippen LogP contribution in [0.15, 0.2) is 18.2 Å². The van der Waals surface area contributed by atoms with E-state index >= 15 is 0 Å². The highest BCUT2D eigenvalue weighted by Gasteiger charge is 2.51. The van der Waals surface area contributed by atoms with Crippen molar-refractivity contribution >= 4 is 11.6 Å². The SMILES string of the molecule is CCOc1ccc(N[C@@H](C)C(=O)NC23CC4CC(CC(C4)C2)C3)cc1OC. The van der Waals surface area contributed by atoms with E-state index in [9.17, 15) is 4.79 Å². The Morgan fingerprint density at radius 1 is 1.15 bits per heavy atom. The number of carbonyl (C=O) groups is 1. The van der Waals surface area contributed by atoms with Gasteiger partial charge in [0.05, 0.1) is 13.7 Å². The van der Waals surface area contributed by atoms with Crippen LogP contribution >= 0.6 is 0 Å². The first kappa shape index (κ1) is 18.5. The second-order valence-electron chi connectivity index (χ2n) is 8.85. The highest BCUT2D eigenvalue weighted by atomic mass is 16.5. The summed E-state index contributed by atoms with van der Waals surface area (Å²) in [5.74, 6) is 3.98. The summed E-state index contributed by atoms with van der Waals surface area (Å²) in [6.07, 6.45) is 7.68. The molecule has 1 atom stereocenters. The van der Waals surface area contributed by atoms with E-state index in [4.69, 9.17) is 9.47 Å². The van der Waals surface area contributed by atoms with E-state index in [2.05, 4.69) is 10.6 Å². The zero-order chi connectivity index (χ0) is 19.0. The zero-order valence-electron chi connectivity index (χ0n) is 16.7. The normalized spacial score (nSPS) is 32.0. The Hall–Kier alpha value is -1.91. The van der Waals surface area contributed by atoms with E-state index in [0.717, 1.165) is 29.2 Å². The molecule has 148 valence electrons. The Labute approximate surface area is 162 Å². The molecule has 5 rings (SSSR count). The van der Waals surface area contributed by atoms with Crippen LogP contribution in [0, 0.1) is 17.8 Å². The fourth-order valence-electron chi connectivity index (χ4n) is 5.98. The fourth-order valence-corrected chi connectivity index (χ4v) is 5.98. The molecule has 0 heterocycles. The van der Waals surface area contributed by atoms with Crippen LogP contribution in [0.3, 0.4) is 0 Å². The number of methoxy groups -OCH3 is 1. The molecule has 0 saturated heterocycles. The van der Waals surface area contributed by atoms with Crippen LogP contribution in [0.5, 0.6) is 11.5 Å². The quantitative estimate of drug-likeness (QED) is 0.760. The summed E-state index contributed by atoms with van der Waals surface area (Å²) in [5.41, 5.74) is 0.918. The Balaban J connectivity index is 1.40. The summed E-state index contributed by atoms with van der Waals surface area (Å²) < 4.78 is 11.0. The molecule has 0 aromatic heterocycles. The third kappa shape index (κ3) is 3.74. The molecule has 0 aliphatic heterocycles. The predicted octanol–water partition coefficient (Wildman–Crippen LogP) is 3.98. The summed E-state index contributed by atoms with van der Waals surface area (Å²) in [7, 11) is 1.63. The molecule has 4 fully saturated rings. The van der Waals surface area contributed by atoms with Gasteiger partial charge in [-0.2, -0.15) is 0 Å². The maximum absolute atomic E-state index is 12.9. The number of nitrogens with one attached hydrogen (secondary N) is 2. The van der Waals surface area contributed by atoms with Crippen LogP contribution in [-0.4, -0.2) is 31.2 Å². The highest BCUT2D eigenvalue weighted by molar-refractivity contribution is 5.85. The van der Waals surface area contributed by atoms with Crippen molar-refractivity contribution in [2.24, 2.45) is 17.8 Å². The van der Waals surface area contributed by atoms with E-state index in [1.807, 2.05) is 32.0 Å². The number of rotatable bonds is 7. The molecule has 0 unspecified atom stereocenters. The van der Waals surface area contributed by atoms with Gasteiger partial charge in [0.15, 0.2) is 11.5 Å². The Bertz CT molecular complexity index is 668. The van der Waals surface area contributed by atoms with Crippen LogP contribution in [-0.2, 0) is 4.79 Å². The first-order chi connectivity index (χ1) is 13.0. The highest BCUT2D eigenvalue weighted by Crippen LogP contribution is 2.55. The molecule has 2 N–H and O–H groups in total. The molecular weight excluding hydrogens is 340 g/mol. The smallest absolute Gasteiger partial charge is 0.242 e. The van der Waals surface area contributed by atoms with Gasteiger partial charge in [-0.1, -0.05) is 0 Å². The molecule has 5 heteroatoms. The summed E-state index contributed by atoms with van der Waals surface area (Å²) in [4.78, 5) is 12.9. The maximum atomic E-state index is 12.9. The molecule has 1 amide bonds. The van der Waals surface area contributed by atoms with Gasteiger partial charge in [0.2, 0.25) is 5.91 Å². The second-order valence-corrected chi connectivity index (χ2v) is 8.85. The van der Waals surface area contributed by atoms with Crippen molar-refractivity contribution < 1.29 is 14.3 Å². The molecule has 4 aliphatic carbocycles. The largest absolute Gasteiger partial charge is 0.493 e. The van der Waals surface area contributed by atoms with Crippen molar-refractivity contribution in [2.45, 2.75) is 64.0 Å². The molecular formula is C22H32N2O3. The lowest BCUT2D eigenvalue weighted by Crippen LogP contribution is -2.61. The first-order valence-corrected chi connectivity index (χ1v) is 10.4. The number of hydrogen-bond acceptors (Lipinski definition) is 4. The Morgan fingerprint density at radius 3 is 2.33 bits per heavy atom. The van der Waals surface area contributed by atoms with Crippen molar-refractivity contribution in [3.8, 4) is 11.5 Å². The summed E-state index contributed by atoms with van der Waals surface area (Å²) in [6, 6.07) is 5.41. The van der Waals surface area contributed by atoms with Crippen LogP contribution in [0.25, 0.3) is 0 Å². The summed E-state index contributed by atoms with van der Waals surface area (Å²) >= 11 is 0. The molecule has 0 spiro atoms. The van der Waals surface area contributed by atoms with Gasteiger partial charge in [-0.25, -0.2) is 0 Å². The first-order valence-electron chi connectivity index (χ1n) is 10.4. The van der Waals surface area contributed by atoms with Gasteiger partial charge in [0, 0.05) is 17.3 Å². The molecule has 4 bridgehead atoms. The second kappa shape index (κ2) is 7.25. The van der Waals surface area contributed by atoms with Gasteiger partial charge in [0.25, 0.3) is 0 Å². The van der Waals surface area contributed by atoms with Gasteiger partial charge in [-0.15, -0.1) is 0 Å². The number of ether oxygens (including phenoxy) is 2. The van der Waals surface area contributed by atoms with Crippen molar-refractivity contribution in [3.05, 3.63) is 18.2 Å². The molecule has 5 nitrogen and oxygen atoms in total. The third-order valence-corrected chi connectivity index (χ3v) is 6.67.